The van der Waals surface area contributed by atoms with E-state index in [9.17, 15) is 9.59 Å². The van der Waals surface area contributed by atoms with Crippen LogP contribution < -0.4 is 11.1 Å². The van der Waals surface area contributed by atoms with Crippen molar-refractivity contribution in [3.63, 3.8) is 0 Å². The molecule has 1 atom stereocenters. The molecule has 0 aliphatic heterocycles. The first kappa shape index (κ1) is 14.1. The first-order valence-electron chi connectivity index (χ1n) is 5.46. The predicted molar refractivity (Wildman–Crippen MR) is 67.3 cm³/mol. The number of aromatic carboxylic acids is 1. The van der Waals surface area contributed by atoms with Gasteiger partial charge in [0, 0.05) is 6.20 Å². The zero-order valence-electron chi connectivity index (χ0n) is 10.6. The first-order valence-corrected chi connectivity index (χ1v) is 5.46. The molecule has 6 heteroatoms. The van der Waals surface area contributed by atoms with Gasteiger partial charge in [0.05, 0.1) is 23.5 Å². The Balaban J connectivity index is 2.82. The van der Waals surface area contributed by atoms with Gasteiger partial charge in [-0.05, 0) is 11.5 Å². The molecule has 1 heterocycles. The molecule has 0 radical (unpaired) electrons. The van der Waals surface area contributed by atoms with Gasteiger partial charge in [-0.1, -0.05) is 20.8 Å². The molecule has 98 valence electrons. The number of nitrogens with two attached hydrogens (primary N) is 1. The molecule has 1 rings (SSSR count). The third-order valence-corrected chi connectivity index (χ3v) is 2.47. The molecule has 1 unspecified atom stereocenters. The first-order chi connectivity index (χ1) is 8.21. The van der Waals surface area contributed by atoms with E-state index in [1.807, 2.05) is 20.8 Å². The number of pyridine rings is 1. The lowest BCUT2D eigenvalue weighted by Gasteiger charge is -2.25. The van der Waals surface area contributed by atoms with Gasteiger partial charge in [-0.15, -0.1) is 0 Å². The molecule has 0 spiro atoms. The van der Waals surface area contributed by atoms with Gasteiger partial charge in [0.2, 0.25) is 5.91 Å². The number of carboxylic acid groups (broad SMARTS) is 1. The van der Waals surface area contributed by atoms with Crippen molar-refractivity contribution >= 4 is 17.6 Å². The minimum atomic E-state index is -1.10. The standard InChI is InChI=1S/C12H17N3O3/c1-12(2,3)9(13)10(16)15-8-4-7(11(17)18)5-14-6-8/h4-6,9H,13H2,1-3H3,(H,15,16)(H,17,18). The van der Waals surface area contributed by atoms with E-state index in [1.165, 1.54) is 18.5 Å². The van der Waals surface area contributed by atoms with Crippen LogP contribution in [0.1, 0.15) is 31.1 Å². The molecule has 4 N–H and O–H groups in total. The Morgan fingerprint density at radius 1 is 1.39 bits per heavy atom. The molecule has 1 amide bonds. The van der Waals surface area contributed by atoms with Crippen molar-refractivity contribution in [1.29, 1.82) is 0 Å². The summed E-state index contributed by atoms with van der Waals surface area (Å²) >= 11 is 0. The predicted octanol–water partition coefficient (Wildman–Crippen LogP) is 1.09. The fraction of sp³-hybridized carbons (Fsp3) is 0.417. The topological polar surface area (TPSA) is 105 Å². The lowest BCUT2D eigenvalue weighted by Crippen LogP contribution is -2.45. The van der Waals surface area contributed by atoms with Gasteiger partial charge in [-0.2, -0.15) is 0 Å². The van der Waals surface area contributed by atoms with Crippen LogP contribution in [0.2, 0.25) is 0 Å². The summed E-state index contributed by atoms with van der Waals surface area (Å²) in [7, 11) is 0. The minimum Gasteiger partial charge on any atom is -0.478 e. The smallest absolute Gasteiger partial charge is 0.337 e. The molecule has 1 aromatic rings. The average Bonchev–Trinajstić information content (AvgIpc) is 2.27. The highest BCUT2D eigenvalue weighted by atomic mass is 16.4. The Labute approximate surface area is 105 Å². The summed E-state index contributed by atoms with van der Waals surface area (Å²) in [5, 5.41) is 11.4. The third kappa shape index (κ3) is 3.53. The summed E-state index contributed by atoms with van der Waals surface area (Å²) in [5.41, 5.74) is 5.75. The van der Waals surface area contributed by atoms with Gasteiger partial charge in [0.1, 0.15) is 0 Å². The van der Waals surface area contributed by atoms with Crippen LogP contribution in [0.3, 0.4) is 0 Å². The van der Waals surface area contributed by atoms with E-state index in [0.29, 0.717) is 5.69 Å². The highest BCUT2D eigenvalue weighted by Crippen LogP contribution is 2.19. The molecule has 0 fully saturated rings. The number of aromatic nitrogens is 1. The van der Waals surface area contributed by atoms with Gasteiger partial charge in [0.15, 0.2) is 0 Å². The van der Waals surface area contributed by atoms with E-state index in [1.54, 1.807) is 0 Å². The molecular formula is C12H17N3O3. The zero-order valence-corrected chi connectivity index (χ0v) is 10.6. The maximum Gasteiger partial charge on any atom is 0.337 e. The van der Waals surface area contributed by atoms with E-state index in [0.717, 1.165) is 0 Å². The summed E-state index contributed by atoms with van der Waals surface area (Å²) < 4.78 is 0. The summed E-state index contributed by atoms with van der Waals surface area (Å²) in [6, 6.07) is 0.647. The number of nitrogens with one attached hydrogen (secondary N) is 1. The van der Waals surface area contributed by atoms with E-state index in [4.69, 9.17) is 10.8 Å². The molecule has 0 aliphatic rings. The number of hydrogen-bond acceptors (Lipinski definition) is 4. The third-order valence-electron chi connectivity index (χ3n) is 2.47. The molecular weight excluding hydrogens is 234 g/mol. The second-order valence-corrected chi connectivity index (χ2v) is 5.10. The fourth-order valence-electron chi connectivity index (χ4n) is 1.24. The fourth-order valence-corrected chi connectivity index (χ4v) is 1.24. The highest BCUT2D eigenvalue weighted by Gasteiger charge is 2.27. The lowest BCUT2D eigenvalue weighted by atomic mass is 9.87. The van der Waals surface area contributed by atoms with Crippen molar-refractivity contribution < 1.29 is 14.7 Å². The molecule has 0 bridgehead atoms. The quantitative estimate of drug-likeness (QED) is 0.745. The molecule has 0 aromatic carbocycles. The molecule has 0 saturated carbocycles. The van der Waals surface area contributed by atoms with Crippen LogP contribution in [0.15, 0.2) is 18.5 Å². The van der Waals surface area contributed by atoms with Crippen LogP contribution >= 0.6 is 0 Å². The molecule has 1 aromatic heterocycles. The van der Waals surface area contributed by atoms with Crippen molar-refractivity contribution in [3.05, 3.63) is 24.0 Å². The van der Waals surface area contributed by atoms with Crippen LogP contribution in [0.4, 0.5) is 5.69 Å². The number of carbonyl (C=O) groups is 2. The van der Waals surface area contributed by atoms with E-state index < -0.39 is 12.0 Å². The van der Waals surface area contributed by atoms with Gasteiger partial charge < -0.3 is 16.2 Å². The highest BCUT2D eigenvalue weighted by molar-refractivity contribution is 5.96. The average molecular weight is 251 g/mol. The van der Waals surface area contributed by atoms with Crippen LogP contribution in [0.25, 0.3) is 0 Å². The number of carboxylic acids is 1. The number of anilines is 1. The Morgan fingerprint density at radius 3 is 2.50 bits per heavy atom. The van der Waals surface area contributed by atoms with Crippen LogP contribution in [0.5, 0.6) is 0 Å². The van der Waals surface area contributed by atoms with Crippen LogP contribution in [-0.4, -0.2) is 28.0 Å². The second-order valence-electron chi connectivity index (χ2n) is 5.10. The largest absolute Gasteiger partial charge is 0.478 e. The van der Waals surface area contributed by atoms with E-state index in [-0.39, 0.29) is 16.9 Å². The van der Waals surface area contributed by atoms with Crippen molar-refractivity contribution in [1.82, 2.24) is 4.98 Å². The number of amides is 1. The SMILES string of the molecule is CC(C)(C)C(N)C(=O)Nc1cncc(C(=O)O)c1. The van der Waals surface area contributed by atoms with Gasteiger partial charge >= 0.3 is 5.97 Å². The molecule has 6 nitrogen and oxygen atoms in total. The van der Waals surface area contributed by atoms with Crippen LogP contribution in [-0.2, 0) is 4.79 Å². The van der Waals surface area contributed by atoms with Crippen molar-refractivity contribution in [2.45, 2.75) is 26.8 Å². The van der Waals surface area contributed by atoms with Crippen molar-refractivity contribution in [2.24, 2.45) is 11.1 Å². The molecule has 18 heavy (non-hydrogen) atoms. The molecule has 0 saturated heterocycles. The Morgan fingerprint density at radius 2 is 2.00 bits per heavy atom. The maximum atomic E-state index is 11.8. The Hall–Kier alpha value is -1.95. The summed E-state index contributed by atoms with van der Waals surface area (Å²) in [4.78, 5) is 26.3. The normalized spacial score (nSPS) is 12.9. The number of hydrogen-bond donors (Lipinski definition) is 3. The number of carbonyl (C=O) groups excluding carboxylic acids is 1. The number of rotatable bonds is 3. The van der Waals surface area contributed by atoms with E-state index in [2.05, 4.69) is 10.3 Å². The van der Waals surface area contributed by atoms with Gasteiger partial charge in [-0.25, -0.2) is 4.79 Å². The lowest BCUT2D eigenvalue weighted by molar-refractivity contribution is -0.119. The van der Waals surface area contributed by atoms with Gasteiger partial charge in [-0.3, -0.25) is 9.78 Å². The maximum absolute atomic E-state index is 11.8. The second kappa shape index (κ2) is 5.14. The Kier molecular flexibility index (Phi) is 4.03. The zero-order chi connectivity index (χ0) is 13.9. The van der Waals surface area contributed by atoms with E-state index >= 15 is 0 Å². The van der Waals surface area contributed by atoms with Crippen molar-refractivity contribution in [2.75, 3.05) is 5.32 Å². The van der Waals surface area contributed by atoms with Gasteiger partial charge in [0.25, 0.3) is 0 Å². The Bertz CT molecular complexity index is 466. The van der Waals surface area contributed by atoms with Crippen molar-refractivity contribution in [3.8, 4) is 0 Å². The summed E-state index contributed by atoms with van der Waals surface area (Å²) in [6.45, 7) is 5.55. The summed E-state index contributed by atoms with van der Waals surface area (Å²) in [5.74, 6) is -1.47. The molecule has 0 aliphatic carbocycles. The monoisotopic (exact) mass is 251 g/mol. The van der Waals surface area contributed by atoms with Crippen LogP contribution in [0, 0.1) is 5.41 Å². The summed E-state index contributed by atoms with van der Waals surface area (Å²) in [6.07, 6.45) is 2.58. The minimum absolute atomic E-state index is 0.0112. The number of nitrogens with zero attached hydrogens (tertiary/aromatic N) is 1.